The van der Waals surface area contributed by atoms with Crippen LogP contribution in [0, 0.1) is 5.92 Å². The van der Waals surface area contributed by atoms with Crippen LogP contribution < -0.4 is 43.8 Å². The minimum atomic E-state index is -5.16. The summed E-state index contributed by atoms with van der Waals surface area (Å²) in [6.45, 7) is 2.90. The van der Waals surface area contributed by atoms with Crippen LogP contribution in [0.25, 0.3) is 0 Å². The van der Waals surface area contributed by atoms with Gasteiger partial charge in [0.25, 0.3) is 0 Å². The first kappa shape index (κ1) is 44.8. The van der Waals surface area contributed by atoms with E-state index in [2.05, 4.69) is 36.1 Å². The number of nitrogens with one attached hydrogen (secondary N) is 5. The largest absolute Gasteiger partial charge is 0.469 e. The molecular formula is C28H51N10O12P. The van der Waals surface area contributed by atoms with Crippen LogP contribution in [-0.2, 0) is 42.7 Å². The third-order valence-corrected chi connectivity index (χ3v) is 7.92. The zero-order valence-corrected chi connectivity index (χ0v) is 29.7. The van der Waals surface area contributed by atoms with E-state index in [0.717, 1.165) is 0 Å². The summed E-state index contributed by atoms with van der Waals surface area (Å²) in [5.74, 6) is -5.48. The maximum absolute atomic E-state index is 13.4. The maximum Gasteiger partial charge on any atom is 0.469 e. The van der Waals surface area contributed by atoms with Gasteiger partial charge in [0.15, 0.2) is 5.96 Å². The van der Waals surface area contributed by atoms with Crippen LogP contribution in [0.4, 0.5) is 0 Å². The normalized spacial score (nSPS) is 17.3. The van der Waals surface area contributed by atoms with Gasteiger partial charge in [0, 0.05) is 13.1 Å². The molecule has 1 heterocycles. The standard InChI is InChI=1S/C28H51N10O12P/c1-15(2)12-18(35-24(43)19(13-40)36-22(41)17(29)6-4-8-33-28(30)31)23(42)37-20(14-50-51(47,48)49)25(44)34-16(3)27(46)38-10-5-7-21(38)26(45)32-9-11-39/h11,15-21,40H,4-10,12-14,29H2,1-3H3,(H,32,45)(H,34,44)(H,35,43)(H,36,41)(H,37,42)(H4,30,31,33)(H2,47,48,49)/t16-,17-,18-,19-,20-,21-/m0/s1. The number of guanidine groups is 1. The van der Waals surface area contributed by atoms with Crippen molar-refractivity contribution in [3.63, 3.8) is 0 Å². The molecule has 1 fully saturated rings. The molecule has 0 bridgehead atoms. The second-order valence-corrected chi connectivity index (χ2v) is 13.4. The van der Waals surface area contributed by atoms with Crippen molar-refractivity contribution >= 4 is 55.5 Å². The Labute approximate surface area is 294 Å². The van der Waals surface area contributed by atoms with Crippen LogP contribution in [0.3, 0.4) is 0 Å². The number of nitrogens with two attached hydrogens (primary N) is 3. The second-order valence-electron chi connectivity index (χ2n) is 12.2. The number of nitrogens with zero attached hydrogens (tertiary/aromatic N) is 2. The van der Waals surface area contributed by atoms with E-state index in [-0.39, 0.29) is 44.4 Å². The molecule has 1 rings (SSSR count). The van der Waals surface area contributed by atoms with E-state index >= 15 is 0 Å². The molecule has 0 aliphatic carbocycles. The number of hydrogen-bond donors (Lipinski definition) is 11. The molecule has 0 radical (unpaired) electrons. The molecule has 1 saturated heterocycles. The van der Waals surface area contributed by atoms with Crippen molar-refractivity contribution in [2.45, 2.75) is 89.1 Å². The molecule has 6 atom stereocenters. The van der Waals surface area contributed by atoms with Gasteiger partial charge >= 0.3 is 7.82 Å². The first-order valence-electron chi connectivity index (χ1n) is 16.2. The lowest BCUT2D eigenvalue weighted by molar-refractivity contribution is -0.141. The van der Waals surface area contributed by atoms with Gasteiger partial charge in [-0.25, -0.2) is 4.57 Å². The molecule has 0 aromatic carbocycles. The zero-order valence-electron chi connectivity index (χ0n) is 28.8. The summed E-state index contributed by atoms with van der Waals surface area (Å²) in [6.07, 6.45) is 1.71. The Bertz CT molecular complexity index is 1310. The summed E-state index contributed by atoms with van der Waals surface area (Å²) in [5.41, 5.74) is 16.4. The highest BCUT2D eigenvalue weighted by molar-refractivity contribution is 7.46. The quantitative estimate of drug-likeness (QED) is 0.0162. The Balaban J connectivity index is 3.06. The third kappa shape index (κ3) is 16.6. The van der Waals surface area contributed by atoms with Crippen molar-refractivity contribution in [2.75, 3.05) is 32.8 Å². The van der Waals surface area contributed by atoms with Crippen molar-refractivity contribution in [2.24, 2.45) is 28.1 Å². The maximum atomic E-state index is 13.4. The molecule has 23 heteroatoms. The number of likely N-dealkylation sites (tertiary alicyclic amines) is 1. The number of aliphatic hydroxyl groups excluding tert-OH is 1. The van der Waals surface area contributed by atoms with E-state index in [1.54, 1.807) is 13.8 Å². The van der Waals surface area contributed by atoms with Crippen LogP contribution >= 0.6 is 7.82 Å². The number of rotatable bonds is 22. The van der Waals surface area contributed by atoms with Crippen LogP contribution in [-0.4, -0.2) is 137 Å². The highest BCUT2D eigenvalue weighted by Crippen LogP contribution is 2.35. The van der Waals surface area contributed by atoms with Gasteiger partial charge < -0.3 is 68.4 Å². The van der Waals surface area contributed by atoms with Crippen LogP contribution in [0.5, 0.6) is 0 Å². The molecule has 0 aromatic heterocycles. The van der Waals surface area contributed by atoms with Gasteiger partial charge in [0.2, 0.25) is 35.4 Å². The van der Waals surface area contributed by atoms with Gasteiger partial charge in [-0.15, -0.1) is 0 Å². The van der Waals surface area contributed by atoms with Crippen LogP contribution in [0.2, 0.25) is 0 Å². The lowest BCUT2D eigenvalue weighted by Gasteiger charge is -2.29. The van der Waals surface area contributed by atoms with E-state index in [9.17, 15) is 53.0 Å². The predicted octanol–water partition coefficient (Wildman–Crippen LogP) is -5.22. The number of carbonyl (C=O) groups excluding carboxylic acids is 7. The average Bonchev–Trinajstić information content (AvgIpc) is 3.54. The van der Waals surface area contributed by atoms with Crippen molar-refractivity contribution in [1.29, 1.82) is 0 Å². The third-order valence-electron chi connectivity index (χ3n) is 7.43. The Kier molecular flexibility index (Phi) is 19.2. The van der Waals surface area contributed by atoms with Gasteiger partial charge in [-0.2, -0.15) is 0 Å². The fourth-order valence-corrected chi connectivity index (χ4v) is 5.26. The number of aliphatic hydroxyl groups is 1. The first-order chi connectivity index (χ1) is 23.8. The number of amides is 6. The number of aliphatic imine (C=N–C) groups is 1. The summed E-state index contributed by atoms with van der Waals surface area (Å²) < 4.78 is 15.9. The lowest BCUT2D eigenvalue weighted by Crippen LogP contribution is -2.60. The fourth-order valence-electron chi connectivity index (χ4n) is 4.91. The topological polar surface area (TPSA) is 360 Å². The second kappa shape index (κ2) is 21.9. The van der Waals surface area contributed by atoms with E-state index in [0.29, 0.717) is 25.5 Å². The Morgan fingerprint density at radius 2 is 1.55 bits per heavy atom. The minimum absolute atomic E-state index is 0.0287. The molecule has 0 saturated carbocycles. The van der Waals surface area contributed by atoms with Gasteiger partial charge in [0.05, 0.1) is 25.8 Å². The van der Waals surface area contributed by atoms with Crippen molar-refractivity contribution in [1.82, 2.24) is 31.5 Å². The van der Waals surface area contributed by atoms with Crippen molar-refractivity contribution in [3.8, 4) is 0 Å². The molecule has 1 aliphatic heterocycles. The summed E-state index contributed by atoms with van der Waals surface area (Å²) in [6, 6.07) is -8.01. The monoisotopic (exact) mass is 750 g/mol. The van der Waals surface area contributed by atoms with E-state index < -0.39 is 92.7 Å². The zero-order chi connectivity index (χ0) is 38.9. The van der Waals surface area contributed by atoms with Crippen molar-refractivity contribution in [3.05, 3.63) is 0 Å². The van der Waals surface area contributed by atoms with Crippen LogP contribution in [0.15, 0.2) is 4.99 Å². The van der Waals surface area contributed by atoms with Gasteiger partial charge in [-0.3, -0.25) is 38.3 Å². The molecular weight excluding hydrogens is 699 g/mol. The number of carbonyl (C=O) groups is 7. The molecule has 51 heavy (non-hydrogen) atoms. The Hall–Kier alpha value is -4.21. The Morgan fingerprint density at radius 1 is 0.961 bits per heavy atom. The highest BCUT2D eigenvalue weighted by Gasteiger charge is 2.38. The number of phosphoric ester groups is 1. The van der Waals surface area contributed by atoms with Crippen molar-refractivity contribution < 1.29 is 57.5 Å². The fraction of sp³-hybridized carbons (Fsp3) is 0.714. The predicted molar refractivity (Wildman–Crippen MR) is 180 cm³/mol. The summed E-state index contributed by atoms with van der Waals surface area (Å²) in [4.78, 5) is 112. The van der Waals surface area contributed by atoms with E-state index in [1.165, 1.54) is 11.8 Å². The Morgan fingerprint density at radius 3 is 2.12 bits per heavy atom. The molecule has 14 N–H and O–H groups in total. The lowest BCUT2D eigenvalue weighted by atomic mass is 10.0. The molecule has 0 spiro atoms. The summed E-state index contributed by atoms with van der Waals surface area (Å²) in [7, 11) is -5.16. The van der Waals surface area contributed by atoms with Gasteiger partial charge in [-0.05, 0) is 44.9 Å². The number of aldehydes is 1. The van der Waals surface area contributed by atoms with E-state index in [4.69, 9.17) is 17.2 Å². The molecule has 0 unspecified atom stereocenters. The molecule has 6 amide bonds. The number of phosphoric acid groups is 1. The van der Waals surface area contributed by atoms with Gasteiger partial charge in [-0.1, -0.05) is 13.8 Å². The highest BCUT2D eigenvalue weighted by atomic mass is 31.2. The minimum Gasteiger partial charge on any atom is -0.394 e. The van der Waals surface area contributed by atoms with E-state index in [1.807, 2.05) is 0 Å². The number of hydrogen-bond acceptors (Lipinski definition) is 12. The SMILES string of the molecule is CC(C)C[C@H](NC(=O)[C@H](CO)NC(=O)[C@@H](N)CCCN=C(N)N)C(=O)N[C@@H](COP(=O)(O)O)C(=O)N[C@@H](C)C(=O)N1CCC[C@H]1C(=O)NCC=O. The smallest absolute Gasteiger partial charge is 0.394 e. The first-order valence-corrected chi connectivity index (χ1v) is 17.7. The molecule has 22 nitrogen and oxygen atoms in total. The average molecular weight is 751 g/mol. The summed E-state index contributed by atoms with van der Waals surface area (Å²) >= 11 is 0. The summed E-state index contributed by atoms with van der Waals surface area (Å²) in [5, 5.41) is 21.5. The molecule has 1 aliphatic rings. The molecule has 290 valence electrons. The van der Waals surface area contributed by atoms with Gasteiger partial charge in [0.1, 0.15) is 36.5 Å². The molecule has 0 aromatic rings. The van der Waals surface area contributed by atoms with Crippen LogP contribution in [0.1, 0.15) is 52.9 Å².